The van der Waals surface area contributed by atoms with Crippen LogP contribution in [0, 0.1) is 5.92 Å². The maximum absolute atomic E-state index is 11.8. The summed E-state index contributed by atoms with van der Waals surface area (Å²) < 4.78 is 0.294. The predicted molar refractivity (Wildman–Crippen MR) is 117 cm³/mol. The molecule has 0 heterocycles. The number of carbonyl (C=O) groups is 1. The van der Waals surface area contributed by atoms with E-state index in [9.17, 15) is 4.79 Å². The molecule has 0 aromatic carbocycles. The van der Waals surface area contributed by atoms with Gasteiger partial charge in [0.2, 0.25) is 0 Å². The van der Waals surface area contributed by atoms with Crippen LogP contribution in [-0.4, -0.2) is 31.3 Å². The van der Waals surface area contributed by atoms with Crippen molar-refractivity contribution < 1.29 is 14.3 Å². The molecule has 0 aliphatic rings. The van der Waals surface area contributed by atoms with E-state index in [4.69, 9.17) is 4.84 Å². The van der Waals surface area contributed by atoms with Crippen molar-refractivity contribution in [2.75, 3.05) is 20.6 Å². The number of nitrogens with zero attached hydrogens (tertiary/aromatic N) is 1. The Labute approximate surface area is 170 Å². The van der Waals surface area contributed by atoms with Crippen LogP contribution in [0.2, 0.25) is 0 Å². The summed E-state index contributed by atoms with van der Waals surface area (Å²) in [4.78, 5) is 17.3. The fraction of sp³-hybridized carbons (Fsp3) is 0.875. The number of rotatable bonds is 18. The Balaban J connectivity index is 3.71. The van der Waals surface area contributed by atoms with Gasteiger partial charge >= 0.3 is 5.97 Å². The van der Waals surface area contributed by atoms with E-state index in [2.05, 4.69) is 20.4 Å². The Morgan fingerprint density at radius 1 is 0.852 bits per heavy atom. The van der Waals surface area contributed by atoms with Gasteiger partial charge in [0.05, 0.1) is 0 Å². The monoisotopic (exact) mass is 382 g/mol. The molecule has 0 radical (unpaired) electrons. The van der Waals surface area contributed by atoms with Crippen LogP contribution in [0.4, 0.5) is 0 Å². The van der Waals surface area contributed by atoms with Crippen molar-refractivity contribution in [3.05, 3.63) is 12.2 Å². The molecular formula is C24H48NO2+. The van der Waals surface area contributed by atoms with Crippen molar-refractivity contribution in [3.63, 3.8) is 0 Å². The topological polar surface area (TPSA) is 26.3 Å². The lowest BCUT2D eigenvalue weighted by Crippen LogP contribution is -2.45. The van der Waals surface area contributed by atoms with Crippen LogP contribution in [0.1, 0.15) is 111 Å². The molecule has 0 N–H and O–H groups in total. The van der Waals surface area contributed by atoms with Gasteiger partial charge < -0.3 is 0 Å². The van der Waals surface area contributed by atoms with Gasteiger partial charge in [0, 0.05) is 11.5 Å². The zero-order valence-corrected chi connectivity index (χ0v) is 19.2. The molecule has 27 heavy (non-hydrogen) atoms. The van der Waals surface area contributed by atoms with E-state index in [1.807, 2.05) is 14.1 Å². The van der Waals surface area contributed by atoms with Crippen LogP contribution in [0.5, 0.6) is 0 Å². The van der Waals surface area contributed by atoms with Gasteiger partial charge in [-0.2, -0.15) is 0 Å². The van der Waals surface area contributed by atoms with Crippen molar-refractivity contribution >= 4 is 5.97 Å². The fourth-order valence-corrected chi connectivity index (χ4v) is 3.66. The van der Waals surface area contributed by atoms with E-state index in [0.717, 1.165) is 13.0 Å². The van der Waals surface area contributed by atoms with Gasteiger partial charge in [-0.15, -0.1) is 4.65 Å². The molecule has 0 bridgehead atoms. The van der Waals surface area contributed by atoms with Crippen LogP contribution in [0.25, 0.3) is 0 Å². The molecule has 3 nitrogen and oxygen atoms in total. The minimum absolute atomic E-state index is 0.291. The van der Waals surface area contributed by atoms with Gasteiger partial charge in [-0.3, -0.25) is 4.84 Å². The third-order valence-electron chi connectivity index (χ3n) is 5.42. The van der Waals surface area contributed by atoms with Crippen LogP contribution in [0.3, 0.4) is 0 Å². The molecule has 1 atom stereocenters. The van der Waals surface area contributed by atoms with Gasteiger partial charge in [0.1, 0.15) is 20.6 Å². The van der Waals surface area contributed by atoms with E-state index < -0.39 is 0 Å². The molecule has 0 saturated heterocycles. The fourth-order valence-electron chi connectivity index (χ4n) is 3.66. The normalized spacial score (nSPS) is 12.8. The smallest absolute Gasteiger partial charge is 0.272 e. The molecule has 0 aromatic rings. The molecule has 0 spiro atoms. The molecule has 0 rings (SSSR count). The van der Waals surface area contributed by atoms with Crippen LogP contribution in [-0.2, 0) is 9.63 Å². The molecule has 1 unspecified atom stereocenters. The number of carbonyl (C=O) groups excluding carboxylic acids is 1. The summed E-state index contributed by atoms with van der Waals surface area (Å²) in [5.74, 6) is 0.321. The van der Waals surface area contributed by atoms with Crippen LogP contribution in [0.15, 0.2) is 12.2 Å². The SMILES string of the molecule is C=C(C)C(=O)O[N+](C)(C)CC(CC)CCCCCCCCCCCCCC. The van der Waals surface area contributed by atoms with Gasteiger partial charge in [-0.1, -0.05) is 97.5 Å². The second kappa shape index (κ2) is 16.2. The number of unbranched alkanes of at least 4 members (excludes halogenated alkanes) is 11. The summed E-state index contributed by atoms with van der Waals surface area (Å²) in [7, 11) is 3.93. The standard InChI is InChI=1S/C24H48NO2/c1-7-9-10-11-12-13-14-15-16-17-18-19-20-23(8-2)21-25(5,6)27-24(26)22(3)4/h23H,3,7-21H2,1-2,4-6H3/q+1. The summed E-state index contributed by atoms with van der Waals surface area (Å²) in [6, 6.07) is 0. The Bertz CT molecular complexity index is 390. The summed E-state index contributed by atoms with van der Waals surface area (Å²) >= 11 is 0. The van der Waals surface area contributed by atoms with Crippen molar-refractivity contribution in [2.24, 2.45) is 5.92 Å². The zero-order chi connectivity index (χ0) is 20.5. The minimum atomic E-state index is -0.291. The molecule has 0 aliphatic carbocycles. The third kappa shape index (κ3) is 15.9. The molecule has 3 heteroatoms. The Hall–Kier alpha value is -0.830. The highest BCUT2D eigenvalue weighted by Gasteiger charge is 2.26. The molecule has 0 fully saturated rings. The average molecular weight is 383 g/mol. The molecule has 0 aromatic heterocycles. The van der Waals surface area contributed by atoms with Gasteiger partial charge in [-0.05, 0) is 19.8 Å². The highest BCUT2D eigenvalue weighted by Crippen LogP contribution is 2.19. The second-order valence-electron chi connectivity index (χ2n) is 8.87. The minimum Gasteiger partial charge on any atom is -0.272 e. The Morgan fingerprint density at radius 2 is 1.30 bits per heavy atom. The first-order valence-electron chi connectivity index (χ1n) is 11.5. The van der Waals surface area contributed by atoms with E-state index in [-0.39, 0.29) is 5.97 Å². The Morgan fingerprint density at radius 3 is 1.70 bits per heavy atom. The first-order valence-corrected chi connectivity index (χ1v) is 11.5. The second-order valence-corrected chi connectivity index (χ2v) is 8.87. The van der Waals surface area contributed by atoms with Crippen molar-refractivity contribution in [2.45, 2.75) is 111 Å². The maximum atomic E-state index is 11.8. The molecular weight excluding hydrogens is 334 g/mol. The average Bonchev–Trinajstić information content (AvgIpc) is 2.60. The predicted octanol–water partition coefficient (Wildman–Crippen LogP) is 7.21. The lowest BCUT2D eigenvalue weighted by molar-refractivity contribution is -1.06. The van der Waals surface area contributed by atoms with Crippen molar-refractivity contribution in [3.8, 4) is 0 Å². The lowest BCUT2D eigenvalue weighted by atomic mass is 9.97. The van der Waals surface area contributed by atoms with Gasteiger partial charge in [-0.25, -0.2) is 4.79 Å². The molecule has 160 valence electrons. The summed E-state index contributed by atoms with van der Waals surface area (Å²) in [5, 5.41) is 0. The van der Waals surface area contributed by atoms with Gasteiger partial charge in [0.25, 0.3) is 0 Å². The number of hydrogen-bond acceptors (Lipinski definition) is 2. The molecule has 0 saturated carbocycles. The Kier molecular flexibility index (Phi) is 15.7. The summed E-state index contributed by atoms with van der Waals surface area (Å²) in [6.45, 7) is 10.8. The van der Waals surface area contributed by atoms with Crippen LogP contribution >= 0.6 is 0 Å². The number of quaternary nitrogens is 1. The zero-order valence-electron chi connectivity index (χ0n) is 19.2. The quantitative estimate of drug-likeness (QED) is 0.108. The number of hydrogen-bond donors (Lipinski definition) is 0. The van der Waals surface area contributed by atoms with E-state index in [1.54, 1.807) is 6.92 Å². The van der Waals surface area contributed by atoms with Crippen molar-refractivity contribution in [1.29, 1.82) is 0 Å². The summed E-state index contributed by atoms with van der Waals surface area (Å²) in [6.07, 6.45) is 19.1. The first-order chi connectivity index (χ1) is 12.8. The molecule has 0 amide bonds. The van der Waals surface area contributed by atoms with E-state index in [0.29, 0.717) is 16.1 Å². The van der Waals surface area contributed by atoms with E-state index >= 15 is 0 Å². The molecule has 0 aliphatic heterocycles. The third-order valence-corrected chi connectivity index (χ3v) is 5.42. The largest absolute Gasteiger partial charge is 0.392 e. The van der Waals surface area contributed by atoms with E-state index in [1.165, 1.54) is 83.5 Å². The lowest BCUT2D eigenvalue weighted by Gasteiger charge is -2.29. The maximum Gasteiger partial charge on any atom is 0.392 e. The summed E-state index contributed by atoms with van der Waals surface area (Å²) in [5.41, 5.74) is 0.468. The van der Waals surface area contributed by atoms with Crippen molar-refractivity contribution in [1.82, 2.24) is 0 Å². The highest BCUT2D eigenvalue weighted by atomic mass is 16.7. The highest BCUT2D eigenvalue weighted by molar-refractivity contribution is 5.86. The number of hydroxylamine groups is 3. The first kappa shape index (κ1) is 26.2. The van der Waals surface area contributed by atoms with Crippen LogP contribution < -0.4 is 0 Å². The van der Waals surface area contributed by atoms with Gasteiger partial charge in [0.15, 0.2) is 0 Å².